The van der Waals surface area contributed by atoms with Crippen LogP contribution in [0.3, 0.4) is 0 Å². The van der Waals surface area contributed by atoms with Gasteiger partial charge in [0.15, 0.2) is 4.96 Å². The first-order chi connectivity index (χ1) is 7.74. The molecule has 1 aliphatic rings. The first-order valence-corrected chi connectivity index (χ1v) is 6.76. The van der Waals surface area contributed by atoms with Crippen LogP contribution in [0.1, 0.15) is 31.2 Å². The Labute approximate surface area is 99.5 Å². The van der Waals surface area contributed by atoms with E-state index in [0.717, 1.165) is 29.2 Å². The zero-order valence-electron chi connectivity index (χ0n) is 9.73. The van der Waals surface area contributed by atoms with Gasteiger partial charge < -0.3 is 5.32 Å². The summed E-state index contributed by atoms with van der Waals surface area (Å²) < 4.78 is 2.20. The topological polar surface area (TPSA) is 29.3 Å². The number of fused-ring (bicyclic) bond motifs is 1. The van der Waals surface area contributed by atoms with E-state index in [0.29, 0.717) is 0 Å². The third-order valence-electron chi connectivity index (χ3n) is 3.49. The number of aromatic nitrogens is 2. The van der Waals surface area contributed by atoms with Crippen molar-refractivity contribution < 1.29 is 0 Å². The Kier molecular flexibility index (Phi) is 2.48. The molecule has 0 spiro atoms. The van der Waals surface area contributed by atoms with Gasteiger partial charge in [0.25, 0.3) is 0 Å². The van der Waals surface area contributed by atoms with Crippen molar-refractivity contribution in [3.63, 3.8) is 0 Å². The molecule has 0 aromatic carbocycles. The molecule has 2 aromatic heterocycles. The molecular formula is C12H17N3S. The first kappa shape index (κ1) is 10.3. The molecular weight excluding hydrogens is 218 g/mol. The molecule has 16 heavy (non-hydrogen) atoms. The summed E-state index contributed by atoms with van der Waals surface area (Å²) in [6.45, 7) is 5.36. The van der Waals surface area contributed by atoms with E-state index in [-0.39, 0.29) is 0 Å². The standard InChI is InChI=1S/C12H17N3S/c1-8-5-10(6-8)13-7-11-9(2)14-12-15(11)3-4-16-12/h3-4,8,10,13H,5-7H2,1-2H3. The van der Waals surface area contributed by atoms with Gasteiger partial charge in [-0.15, -0.1) is 11.3 Å². The van der Waals surface area contributed by atoms with Crippen molar-refractivity contribution in [3.8, 4) is 0 Å². The van der Waals surface area contributed by atoms with Crippen molar-refractivity contribution in [2.45, 2.75) is 39.3 Å². The predicted molar refractivity (Wildman–Crippen MR) is 66.8 cm³/mol. The molecule has 86 valence electrons. The summed E-state index contributed by atoms with van der Waals surface area (Å²) in [6, 6.07) is 0.721. The summed E-state index contributed by atoms with van der Waals surface area (Å²) in [6.07, 6.45) is 4.76. The third kappa shape index (κ3) is 1.66. The third-order valence-corrected chi connectivity index (χ3v) is 4.25. The Morgan fingerprint density at radius 2 is 2.38 bits per heavy atom. The molecule has 1 N–H and O–H groups in total. The maximum absolute atomic E-state index is 4.55. The van der Waals surface area contributed by atoms with Gasteiger partial charge in [0.2, 0.25) is 0 Å². The van der Waals surface area contributed by atoms with E-state index in [4.69, 9.17) is 0 Å². The number of rotatable bonds is 3. The lowest BCUT2D eigenvalue weighted by atomic mass is 9.82. The van der Waals surface area contributed by atoms with Crippen LogP contribution in [0.5, 0.6) is 0 Å². The number of nitrogens with zero attached hydrogens (tertiary/aromatic N) is 2. The van der Waals surface area contributed by atoms with Crippen LogP contribution in [0.4, 0.5) is 0 Å². The normalized spacial score (nSPS) is 24.9. The van der Waals surface area contributed by atoms with Gasteiger partial charge in [-0.25, -0.2) is 4.98 Å². The van der Waals surface area contributed by atoms with Gasteiger partial charge in [-0.2, -0.15) is 0 Å². The van der Waals surface area contributed by atoms with Crippen LogP contribution in [0.15, 0.2) is 11.6 Å². The molecule has 1 fully saturated rings. The smallest absolute Gasteiger partial charge is 0.194 e. The van der Waals surface area contributed by atoms with Crippen molar-refractivity contribution in [2.75, 3.05) is 0 Å². The van der Waals surface area contributed by atoms with Crippen LogP contribution in [0.25, 0.3) is 4.96 Å². The number of hydrogen-bond donors (Lipinski definition) is 1. The summed E-state index contributed by atoms with van der Waals surface area (Å²) in [5, 5.41) is 5.71. The maximum Gasteiger partial charge on any atom is 0.194 e. The molecule has 0 radical (unpaired) electrons. The SMILES string of the molecule is Cc1nc2sccn2c1CNC1CC(C)C1. The van der Waals surface area contributed by atoms with Crippen molar-refractivity contribution >= 4 is 16.3 Å². The Morgan fingerprint density at radius 3 is 3.12 bits per heavy atom. The van der Waals surface area contributed by atoms with Gasteiger partial charge in [-0.3, -0.25) is 4.40 Å². The lowest BCUT2D eigenvalue weighted by Crippen LogP contribution is -2.39. The van der Waals surface area contributed by atoms with E-state index < -0.39 is 0 Å². The lowest BCUT2D eigenvalue weighted by Gasteiger charge is -2.33. The minimum absolute atomic E-state index is 0.721. The molecule has 0 atom stereocenters. The summed E-state index contributed by atoms with van der Waals surface area (Å²) in [4.78, 5) is 5.66. The fourth-order valence-electron chi connectivity index (χ4n) is 2.46. The van der Waals surface area contributed by atoms with Gasteiger partial charge in [0.05, 0.1) is 11.4 Å². The van der Waals surface area contributed by atoms with Crippen molar-refractivity contribution in [1.29, 1.82) is 0 Å². The van der Waals surface area contributed by atoms with Gasteiger partial charge in [-0.1, -0.05) is 6.92 Å². The second-order valence-corrected chi connectivity index (χ2v) is 5.73. The molecule has 3 rings (SSSR count). The van der Waals surface area contributed by atoms with Gasteiger partial charge in [0.1, 0.15) is 0 Å². The van der Waals surface area contributed by atoms with Gasteiger partial charge in [-0.05, 0) is 25.7 Å². The van der Waals surface area contributed by atoms with Crippen LogP contribution in [-0.2, 0) is 6.54 Å². The lowest BCUT2D eigenvalue weighted by molar-refractivity contribution is 0.239. The maximum atomic E-state index is 4.55. The Bertz CT molecular complexity index is 493. The average Bonchev–Trinajstić information content (AvgIpc) is 2.72. The van der Waals surface area contributed by atoms with E-state index >= 15 is 0 Å². The van der Waals surface area contributed by atoms with Crippen LogP contribution in [0.2, 0.25) is 0 Å². The molecule has 0 saturated heterocycles. The van der Waals surface area contributed by atoms with Crippen LogP contribution < -0.4 is 5.32 Å². The number of imidazole rings is 1. The summed E-state index contributed by atoms with van der Waals surface area (Å²) in [5.41, 5.74) is 2.47. The molecule has 2 heterocycles. The van der Waals surface area contributed by atoms with E-state index in [1.54, 1.807) is 11.3 Å². The second-order valence-electron chi connectivity index (χ2n) is 4.85. The molecule has 0 aliphatic heterocycles. The first-order valence-electron chi connectivity index (χ1n) is 5.88. The van der Waals surface area contributed by atoms with E-state index in [2.05, 4.69) is 40.1 Å². The molecule has 0 unspecified atom stereocenters. The molecule has 0 bridgehead atoms. The van der Waals surface area contributed by atoms with Gasteiger partial charge >= 0.3 is 0 Å². The van der Waals surface area contributed by atoms with Crippen LogP contribution in [-0.4, -0.2) is 15.4 Å². The van der Waals surface area contributed by atoms with Crippen LogP contribution in [0, 0.1) is 12.8 Å². The fraction of sp³-hybridized carbons (Fsp3) is 0.583. The van der Waals surface area contributed by atoms with Gasteiger partial charge in [0, 0.05) is 24.2 Å². The highest BCUT2D eigenvalue weighted by molar-refractivity contribution is 7.15. The number of nitrogens with one attached hydrogen (secondary N) is 1. The Morgan fingerprint density at radius 1 is 1.56 bits per heavy atom. The number of thiazole rings is 1. The monoisotopic (exact) mass is 235 g/mol. The van der Waals surface area contributed by atoms with Crippen molar-refractivity contribution in [2.24, 2.45) is 5.92 Å². The quantitative estimate of drug-likeness (QED) is 0.886. The fourth-order valence-corrected chi connectivity index (χ4v) is 3.24. The molecule has 4 heteroatoms. The molecule has 3 nitrogen and oxygen atoms in total. The summed E-state index contributed by atoms with van der Waals surface area (Å²) in [7, 11) is 0. The van der Waals surface area contributed by atoms with Crippen molar-refractivity contribution in [1.82, 2.24) is 14.7 Å². The largest absolute Gasteiger partial charge is 0.308 e. The number of aryl methyl sites for hydroxylation is 1. The highest BCUT2D eigenvalue weighted by atomic mass is 32.1. The average molecular weight is 235 g/mol. The number of hydrogen-bond acceptors (Lipinski definition) is 3. The zero-order chi connectivity index (χ0) is 11.1. The highest BCUT2D eigenvalue weighted by Gasteiger charge is 2.25. The summed E-state index contributed by atoms with van der Waals surface area (Å²) in [5.74, 6) is 0.908. The Hall–Kier alpha value is -0.870. The van der Waals surface area contributed by atoms with E-state index in [1.807, 2.05) is 0 Å². The molecule has 0 amide bonds. The molecule has 1 aliphatic carbocycles. The van der Waals surface area contributed by atoms with E-state index in [1.165, 1.54) is 18.5 Å². The van der Waals surface area contributed by atoms with Crippen LogP contribution >= 0.6 is 11.3 Å². The Balaban J connectivity index is 1.73. The highest BCUT2D eigenvalue weighted by Crippen LogP contribution is 2.27. The minimum atomic E-state index is 0.721. The second kappa shape index (κ2) is 3.86. The molecule has 1 saturated carbocycles. The summed E-state index contributed by atoms with van der Waals surface area (Å²) >= 11 is 1.70. The molecule has 2 aromatic rings. The predicted octanol–water partition coefficient (Wildman–Crippen LogP) is 2.59. The van der Waals surface area contributed by atoms with Crippen molar-refractivity contribution in [3.05, 3.63) is 23.0 Å². The van der Waals surface area contributed by atoms with E-state index in [9.17, 15) is 0 Å². The minimum Gasteiger partial charge on any atom is -0.308 e. The zero-order valence-corrected chi connectivity index (χ0v) is 10.5.